The molecule has 3 amide bonds. The highest BCUT2D eigenvalue weighted by atomic mass is 35.5. The number of hydrogen-bond acceptors (Lipinski definition) is 9. The number of ether oxygens (including phenoxy) is 3. The number of amides is 3. The molecule has 0 radical (unpaired) electrons. The van der Waals surface area contributed by atoms with Crippen LogP contribution < -0.4 is 25.8 Å². The van der Waals surface area contributed by atoms with Crippen molar-refractivity contribution < 1.29 is 41.8 Å². The smallest absolute Gasteiger partial charge is 0.410 e. The van der Waals surface area contributed by atoms with Crippen LogP contribution in [0.5, 0.6) is 5.75 Å². The summed E-state index contributed by atoms with van der Waals surface area (Å²) in [5, 5.41) is 6.86. The van der Waals surface area contributed by atoms with Crippen molar-refractivity contribution in [3.8, 4) is 5.75 Å². The number of nitrogens with one attached hydrogen (secondary N) is 2. The van der Waals surface area contributed by atoms with Gasteiger partial charge >= 0.3 is 18.4 Å². The predicted molar refractivity (Wildman–Crippen MR) is 179 cm³/mol. The predicted octanol–water partition coefficient (Wildman–Crippen LogP) is 5.79. The van der Waals surface area contributed by atoms with Gasteiger partial charge in [0.05, 0.1) is 6.04 Å². The quantitative estimate of drug-likeness (QED) is 0.218. The van der Waals surface area contributed by atoms with Gasteiger partial charge in [0.25, 0.3) is 5.91 Å². The Labute approximate surface area is 294 Å². The summed E-state index contributed by atoms with van der Waals surface area (Å²) in [6.45, 7) is 4.53. The fourth-order valence-electron chi connectivity index (χ4n) is 5.46. The molecule has 1 aromatic heterocycles. The van der Waals surface area contributed by atoms with E-state index in [9.17, 15) is 32.3 Å². The number of aromatic nitrogens is 1. The van der Waals surface area contributed by atoms with Crippen molar-refractivity contribution >= 4 is 41.5 Å². The second-order valence-electron chi connectivity index (χ2n) is 12.4. The fourth-order valence-corrected chi connectivity index (χ4v) is 6.93. The first-order valence-corrected chi connectivity index (χ1v) is 16.8. The van der Waals surface area contributed by atoms with Crippen molar-refractivity contribution in [2.75, 3.05) is 31.6 Å². The lowest BCUT2D eigenvalue weighted by molar-refractivity contribution is -0.173. The van der Waals surface area contributed by atoms with Gasteiger partial charge in [-0.15, -0.1) is 11.8 Å². The lowest BCUT2D eigenvalue weighted by Gasteiger charge is -2.46. The molecule has 268 valence electrons. The SMILES string of the molecule is C[C@@H](N1CN([C@@H]2c3ccccc3SCc3c(Cl)cccc32)n2ccc(=O)c(OCOC(=O)NCCNC(=O)OC(C)(C)C)c2C1=O)C(F)(F)F. The van der Waals surface area contributed by atoms with E-state index in [0.717, 1.165) is 29.0 Å². The molecule has 3 heterocycles. The van der Waals surface area contributed by atoms with Gasteiger partial charge in [0.2, 0.25) is 18.0 Å². The summed E-state index contributed by atoms with van der Waals surface area (Å²) >= 11 is 8.17. The molecule has 2 N–H and O–H groups in total. The number of fused-ring (bicyclic) bond motifs is 3. The van der Waals surface area contributed by atoms with Gasteiger partial charge in [-0.1, -0.05) is 41.9 Å². The minimum Gasteiger partial charge on any atom is -0.451 e. The molecule has 5 rings (SSSR count). The summed E-state index contributed by atoms with van der Waals surface area (Å²) in [4.78, 5) is 52.6. The summed E-state index contributed by atoms with van der Waals surface area (Å²) in [7, 11) is 0. The number of nitrogens with zero attached hydrogens (tertiary/aromatic N) is 3. The zero-order valence-corrected chi connectivity index (χ0v) is 29.1. The molecule has 0 fully saturated rings. The van der Waals surface area contributed by atoms with Gasteiger partial charge in [0, 0.05) is 41.0 Å². The van der Waals surface area contributed by atoms with Crippen molar-refractivity contribution in [1.29, 1.82) is 0 Å². The molecule has 17 heteroatoms. The lowest BCUT2D eigenvalue weighted by Crippen LogP contribution is -2.60. The van der Waals surface area contributed by atoms with Crippen LogP contribution in [0.25, 0.3) is 0 Å². The van der Waals surface area contributed by atoms with E-state index < -0.39 is 72.3 Å². The number of hydrogen-bond donors (Lipinski definition) is 2. The minimum atomic E-state index is -4.81. The Morgan fingerprint density at radius 2 is 1.68 bits per heavy atom. The van der Waals surface area contributed by atoms with Gasteiger partial charge in [-0.2, -0.15) is 13.2 Å². The fraction of sp³-hybridized carbons (Fsp3) is 0.394. The highest BCUT2D eigenvalue weighted by molar-refractivity contribution is 7.98. The molecule has 0 saturated carbocycles. The van der Waals surface area contributed by atoms with Crippen molar-refractivity contribution in [2.24, 2.45) is 0 Å². The first-order chi connectivity index (χ1) is 23.6. The van der Waals surface area contributed by atoms with E-state index in [1.807, 2.05) is 30.3 Å². The van der Waals surface area contributed by atoms with E-state index in [1.54, 1.807) is 37.9 Å². The second kappa shape index (κ2) is 14.7. The maximum Gasteiger partial charge on any atom is 0.410 e. The Morgan fingerprint density at radius 1 is 1.00 bits per heavy atom. The number of halogens is 4. The van der Waals surface area contributed by atoms with Crippen LogP contribution in [0.1, 0.15) is 60.9 Å². The van der Waals surface area contributed by atoms with Crippen LogP contribution in [0.15, 0.2) is 64.4 Å². The number of carbonyl (C=O) groups is 3. The molecule has 0 saturated heterocycles. The number of rotatable bonds is 8. The zero-order valence-electron chi connectivity index (χ0n) is 27.5. The number of thioether (sulfide) groups is 1. The molecule has 2 atom stereocenters. The van der Waals surface area contributed by atoms with Gasteiger partial charge in [-0.05, 0) is 56.5 Å². The van der Waals surface area contributed by atoms with Crippen LogP contribution in [0.2, 0.25) is 5.02 Å². The standard InChI is InChI=1S/C33H35ClF3N5O7S/c1-19(33(35,36)37)40-17-42(26-20-9-7-10-23(34)22(20)16-50-25-11-6-5-8-21(25)26)41-15-12-24(43)28(27(41)29(40)44)47-18-48-30(45)38-13-14-39-31(46)49-32(2,3)4/h5-12,15,19,26H,13-14,16-18H2,1-4H3,(H,38,45)(H,39,46)/t19-,26+/m1/s1. The van der Waals surface area contributed by atoms with Crippen LogP contribution in [0, 0.1) is 0 Å². The topological polar surface area (TPSA) is 131 Å². The number of benzene rings is 2. The Kier molecular flexibility index (Phi) is 10.8. The molecule has 0 aliphatic carbocycles. The first kappa shape index (κ1) is 36.7. The van der Waals surface area contributed by atoms with E-state index >= 15 is 0 Å². The van der Waals surface area contributed by atoms with Crippen molar-refractivity contribution in [3.05, 3.63) is 92.4 Å². The minimum absolute atomic E-state index is 0.00706. The number of alkyl halides is 3. The summed E-state index contributed by atoms with van der Waals surface area (Å²) in [5.41, 5.74) is 0.214. The Balaban J connectivity index is 1.46. The van der Waals surface area contributed by atoms with Gasteiger partial charge in [0.1, 0.15) is 18.3 Å². The van der Waals surface area contributed by atoms with Crippen LogP contribution >= 0.6 is 23.4 Å². The maximum atomic E-state index is 14.2. The molecule has 0 unspecified atom stereocenters. The third-order valence-electron chi connectivity index (χ3n) is 7.80. The Bertz CT molecular complexity index is 1830. The molecule has 0 spiro atoms. The first-order valence-electron chi connectivity index (χ1n) is 15.5. The molecule has 3 aromatic rings. The maximum absolute atomic E-state index is 14.2. The molecule has 12 nitrogen and oxygen atoms in total. The van der Waals surface area contributed by atoms with Crippen molar-refractivity contribution in [2.45, 2.75) is 62.2 Å². The number of alkyl carbamates (subject to hydrolysis) is 2. The van der Waals surface area contributed by atoms with E-state index in [2.05, 4.69) is 10.6 Å². The Hall–Kier alpha value is -4.57. The third-order valence-corrected chi connectivity index (χ3v) is 9.27. The van der Waals surface area contributed by atoms with E-state index in [-0.39, 0.29) is 13.1 Å². The monoisotopic (exact) mass is 737 g/mol. The van der Waals surface area contributed by atoms with Crippen LogP contribution in [0.4, 0.5) is 22.8 Å². The molecular weight excluding hydrogens is 703 g/mol. The highest BCUT2D eigenvalue weighted by Gasteiger charge is 2.48. The normalized spacial score (nSPS) is 16.3. The van der Waals surface area contributed by atoms with Gasteiger partial charge in [0.15, 0.2) is 5.69 Å². The van der Waals surface area contributed by atoms with E-state index in [1.165, 1.54) is 22.6 Å². The molecule has 2 aromatic carbocycles. The van der Waals surface area contributed by atoms with Crippen LogP contribution in [-0.2, 0) is 15.2 Å². The zero-order chi connectivity index (χ0) is 36.4. The van der Waals surface area contributed by atoms with Crippen molar-refractivity contribution in [3.63, 3.8) is 0 Å². The summed E-state index contributed by atoms with van der Waals surface area (Å²) in [5.74, 6) is -1.23. The van der Waals surface area contributed by atoms with E-state index in [0.29, 0.717) is 21.2 Å². The molecule has 0 bridgehead atoms. The Morgan fingerprint density at radius 3 is 2.38 bits per heavy atom. The summed E-state index contributed by atoms with van der Waals surface area (Å²) < 4.78 is 59.7. The van der Waals surface area contributed by atoms with Crippen LogP contribution in [0.3, 0.4) is 0 Å². The average molecular weight is 738 g/mol. The van der Waals surface area contributed by atoms with Crippen molar-refractivity contribution in [1.82, 2.24) is 20.2 Å². The highest BCUT2D eigenvalue weighted by Crippen LogP contribution is 2.45. The van der Waals surface area contributed by atoms with Crippen LogP contribution in [-0.4, -0.2) is 72.0 Å². The summed E-state index contributed by atoms with van der Waals surface area (Å²) in [6.07, 6.45) is -5.18. The number of carbonyl (C=O) groups excluding carboxylic acids is 3. The third kappa shape index (κ3) is 8.07. The average Bonchev–Trinajstić information content (AvgIpc) is 3.20. The van der Waals surface area contributed by atoms with E-state index in [4.69, 9.17) is 25.8 Å². The lowest BCUT2D eigenvalue weighted by atomic mass is 9.94. The molecule has 2 aliphatic rings. The largest absolute Gasteiger partial charge is 0.451 e. The summed E-state index contributed by atoms with van der Waals surface area (Å²) in [6, 6.07) is 10.8. The van der Waals surface area contributed by atoms with Gasteiger partial charge in [-0.25, -0.2) is 9.59 Å². The van der Waals surface area contributed by atoms with Gasteiger partial charge < -0.3 is 29.7 Å². The molecular formula is C33H35ClF3N5O7S. The van der Waals surface area contributed by atoms with Gasteiger partial charge in [-0.3, -0.25) is 19.3 Å². The molecule has 50 heavy (non-hydrogen) atoms. The second-order valence-corrected chi connectivity index (χ2v) is 13.8. The number of pyridine rings is 1. The molecule has 2 aliphatic heterocycles.